The third kappa shape index (κ3) is 4.29. The Hall–Kier alpha value is -2.40. The average molecular weight is 287 g/mol. The Morgan fingerprint density at radius 1 is 1.29 bits per heavy atom. The van der Waals surface area contributed by atoms with Crippen LogP contribution in [0.15, 0.2) is 47.1 Å². The van der Waals surface area contributed by atoms with Gasteiger partial charge in [0, 0.05) is 11.3 Å². The van der Waals surface area contributed by atoms with Crippen LogP contribution < -0.4 is 10.6 Å². The molecule has 1 aromatic carbocycles. The lowest BCUT2D eigenvalue weighted by Crippen LogP contribution is -2.86. The molecule has 1 atom stereocenters. The Morgan fingerprint density at radius 2 is 2.10 bits per heavy atom. The number of nitrogens with one attached hydrogen (secondary N) is 1. The lowest BCUT2D eigenvalue weighted by molar-refractivity contribution is -0.684. The number of carbonyl (C=O) groups is 2. The van der Waals surface area contributed by atoms with Gasteiger partial charge in [-0.1, -0.05) is 12.1 Å². The maximum atomic E-state index is 11.9. The number of benzene rings is 1. The minimum absolute atomic E-state index is 0.0240. The summed E-state index contributed by atoms with van der Waals surface area (Å²) in [6.07, 6.45) is 1.62. The number of Topliss-reactive ketones (excluding diaryl/α,β-unsaturated/α-hetero) is 1. The number of amides is 1. The number of quaternary nitrogens is 1. The van der Waals surface area contributed by atoms with E-state index in [0.29, 0.717) is 11.3 Å². The molecule has 2 aromatic rings. The van der Waals surface area contributed by atoms with Crippen molar-refractivity contribution >= 4 is 17.4 Å². The molecule has 1 aromatic heterocycles. The number of nitrogens with two attached hydrogens (primary N) is 1. The van der Waals surface area contributed by atoms with Gasteiger partial charge in [-0.05, 0) is 38.1 Å². The van der Waals surface area contributed by atoms with Gasteiger partial charge in [0.1, 0.15) is 6.04 Å². The van der Waals surface area contributed by atoms with Crippen LogP contribution in [-0.2, 0) is 4.79 Å². The first-order valence-electron chi connectivity index (χ1n) is 6.84. The molecule has 0 aliphatic carbocycles. The Bertz CT molecular complexity index is 620. The molecule has 21 heavy (non-hydrogen) atoms. The molecule has 0 saturated heterocycles. The van der Waals surface area contributed by atoms with Gasteiger partial charge in [0.25, 0.3) is 5.91 Å². The molecule has 5 heteroatoms. The third-order valence-corrected chi connectivity index (χ3v) is 3.20. The second-order valence-electron chi connectivity index (χ2n) is 4.93. The number of carbonyl (C=O) groups excluding carboxylic acids is 2. The molecule has 3 N–H and O–H groups in total. The number of anilines is 1. The summed E-state index contributed by atoms with van der Waals surface area (Å²) >= 11 is 0. The van der Waals surface area contributed by atoms with Gasteiger partial charge < -0.3 is 15.1 Å². The average Bonchev–Trinajstić information content (AvgIpc) is 2.99. The van der Waals surface area contributed by atoms with E-state index in [1.54, 1.807) is 30.5 Å². The first-order chi connectivity index (χ1) is 10.1. The molecule has 110 valence electrons. The molecule has 1 heterocycles. The van der Waals surface area contributed by atoms with Crippen LogP contribution in [0.1, 0.15) is 36.0 Å². The van der Waals surface area contributed by atoms with Crippen LogP contribution in [0.4, 0.5) is 5.69 Å². The first-order valence-corrected chi connectivity index (χ1v) is 6.84. The van der Waals surface area contributed by atoms with E-state index >= 15 is 0 Å². The highest BCUT2D eigenvalue weighted by molar-refractivity contribution is 5.97. The molecule has 0 aliphatic rings. The first kappa shape index (κ1) is 15.0. The predicted octanol–water partition coefficient (Wildman–Crippen LogP) is 1.75. The molecule has 5 nitrogen and oxygen atoms in total. The van der Waals surface area contributed by atoms with Gasteiger partial charge in [-0.15, -0.1) is 0 Å². The van der Waals surface area contributed by atoms with E-state index in [1.807, 2.05) is 24.4 Å². The SMILES string of the molecule is CC(=O)c1cccc(NC(=O)C[NH2+][C@@H](C)c2ccco2)c1. The van der Waals surface area contributed by atoms with E-state index in [1.165, 1.54) is 6.92 Å². The monoisotopic (exact) mass is 287 g/mol. The van der Waals surface area contributed by atoms with Crippen molar-refractivity contribution in [3.63, 3.8) is 0 Å². The predicted molar refractivity (Wildman–Crippen MR) is 79.0 cm³/mol. The molecule has 0 spiro atoms. The maximum absolute atomic E-state index is 11.9. The second-order valence-corrected chi connectivity index (χ2v) is 4.93. The minimum atomic E-state index is -0.117. The van der Waals surface area contributed by atoms with Gasteiger partial charge in [0.05, 0.1) is 6.26 Å². The minimum Gasteiger partial charge on any atom is -0.463 e. The van der Waals surface area contributed by atoms with E-state index in [9.17, 15) is 9.59 Å². The number of hydrogen-bond donors (Lipinski definition) is 2. The van der Waals surface area contributed by atoms with Gasteiger partial charge in [-0.2, -0.15) is 0 Å². The van der Waals surface area contributed by atoms with Crippen molar-refractivity contribution in [2.75, 3.05) is 11.9 Å². The molecule has 2 rings (SSSR count). The van der Waals surface area contributed by atoms with Crippen molar-refractivity contribution in [2.45, 2.75) is 19.9 Å². The van der Waals surface area contributed by atoms with Crippen molar-refractivity contribution in [1.29, 1.82) is 0 Å². The third-order valence-electron chi connectivity index (χ3n) is 3.20. The lowest BCUT2D eigenvalue weighted by Gasteiger charge is -2.09. The van der Waals surface area contributed by atoms with Crippen LogP contribution in [0.5, 0.6) is 0 Å². The smallest absolute Gasteiger partial charge is 0.279 e. The van der Waals surface area contributed by atoms with Crippen LogP contribution in [0, 0.1) is 0 Å². The fraction of sp³-hybridized carbons (Fsp3) is 0.250. The molecule has 1 amide bonds. The zero-order valence-electron chi connectivity index (χ0n) is 12.1. The van der Waals surface area contributed by atoms with E-state index in [4.69, 9.17) is 4.42 Å². The lowest BCUT2D eigenvalue weighted by atomic mass is 10.1. The van der Waals surface area contributed by atoms with Gasteiger partial charge >= 0.3 is 0 Å². The van der Waals surface area contributed by atoms with Crippen LogP contribution >= 0.6 is 0 Å². The highest BCUT2D eigenvalue weighted by Crippen LogP contribution is 2.11. The molecular weight excluding hydrogens is 268 g/mol. The van der Waals surface area contributed by atoms with Crippen molar-refractivity contribution in [3.05, 3.63) is 54.0 Å². The van der Waals surface area contributed by atoms with E-state index < -0.39 is 0 Å². The Balaban J connectivity index is 1.87. The molecule has 0 bridgehead atoms. The summed E-state index contributed by atoms with van der Waals surface area (Å²) in [5, 5.41) is 4.68. The normalized spacial score (nSPS) is 11.9. The Kier molecular flexibility index (Phi) is 4.90. The fourth-order valence-corrected chi connectivity index (χ4v) is 1.98. The van der Waals surface area contributed by atoms with Crippen molar-refractivity contribution in [1.82, 2.24) is 0 Å². The summed E-state index contributed by atoms with van der Waals surface area (Å²) < 4.78 is 5.29. The summed E-state index contributed by atoms with van der Waals surface area (Å²) in [5.74, 6) is 0.694. The van der Waals surface area contributed by atoms with Crippen molar-refractivity contribution in [2.24, 2.45) is 0 Å². The van der Waals surface area contributed by atoms with Crippen molar-refractivity contribution < 1.29 is 19.3 Å². The molecular formula is C16H19N2O3+. The Morgan fingerprint density at radius 3 is 2.76 bits per heavy atom. The standard InChI is InChI=1S/C16H18N2O3/c1-11(15-7-4-8-21-15)17-10-16(20)18-14-6-3-5-13(9-14)12(2)19/h3-9,11,17H,10H2,1-2H3,(H,18,20)/p+1/t11-/m0/s1. The van der Waals surface area contributed by atoms with Crippen molar-refractivity contribution in [3.8, 4) is 0 Å². The number of hydrogen-bond acceptors (Lipinski definition) is 3. The quantitative estimate of drug-likeness (QED) is 0.795. The summed E-state index contributed by atoms with van der Waals surface area (Å²) in [6, 6.07) is 10.7. The molecule has 0 saturated carbocycles. The van der Waals surface area contributed by atoms with E-state index in [-0.39, 0.29) is 24.3 Å². The second kappa shape index (κ2) is 6.85. The van der Waals surface area contributed by atoms with Gasteiger partial charge in [0.2, 0.25) is 0 Å². The van der Waals surface area contributed by atoms with E-state index in [0.717, 1.165) is 5.76 Å². The highest BCUT2D eigenvalue weighted by atomic mass is 16.3. The van der Waals surface area contributed by atoms with Gasteiger partial charge in [-0.25, -0.2) is 0 Å². The number of furan rings is 1. The molecule has 0 aliphatic heterocycles. The highest BCUT2D eigenvalue weighted by Gasteiger charge is 2.13. The van der Waals surface area contributed by atoms with Crippen LogP contribution in [0.25, 0.3) is 0 Å². The largest absolute Gasteiger partial charge is 0.463 e. The number of ketones is 1. The zero-order chi connectivity index (χ0) is 15.2. The van der Waals surface area contributed by atoms with Gasteiger partial charge in [0.15, 0.2) is 18.1 Å². The van der Waals surface area contributed by atoms with E-state index in [2.05, 4.69) is 5.32 Å². The van der Waals surface area contributed by atoms with Crippen LogP contribution in [-0.4, -0.2) is 18.2 Å². The van der Waals surface area contributed by atoms with Gasteiger partial charge in [-0.3, -0.25) is 9.59 Å². The topological polar surface area (TPSA) is 75.9 Å². The maximum Gasteiger partial charge on any atom is 0.279 e. The fourth-order valence-electron chi connectivity index (χ4n) is 1.98. The summed E-state index contributed by atoms with van der Waals surface area (Å²) in [7, 11) is 0. The van der Waals surface area contributed by atoms with Crippen LogP contribution in [0.3, 0.4) is 0 Å². The Labute approximate surface area is 123 Å². The summed E-state index contributed by atoms with van der Waals surface area (Å²) in [5.41, 5.74) is 1.22. The number of rotatable bonds is 6. The molecule has 0 radical (unpaired) electrons. The summed E-state index contributed by atoms with van der Waals surface area (Å²) in [6.45, 7) is 3.76. The summed E-state index contributed by atoms with van der Waals surface area (Å²) in [4.78, 5) is 23.2. The molecule has 0 fully saturated rings. The molecule has 0 unspecified atom stereocenters. The zero-order valence-corrected chi connectivity index (χ0v) is 12.1. The van der Waals surface area contributed by atoms with Crippen LogP contribution in [0.2, 0.25) is 0 Å².